The summed E-state index contributed by atoms with van der Waals surface area (Å²) in [5.74, 6) is 0.524. The van der Waals surface area contributed by atoms with Crippen LogP contribution in [0.25, 0.3) is 0 Å². The van der Waals surface area contributed by atoms with E-state index in [4.69, 9.17) is 4.74 Å². The largest absolute Gasteiger partial charge is 0.469 e. The van der Waals surface area contributed by atoms with E-state index in [0.717, 1.165) is 31.4 Å². The summed E-state index contributed by atoms with van der Waals surface area (Å²) in [4.78, 5) is 23.4. The molecule has 0 aromatic heterocycles. The highest BCUT2D eigenvalue weighted by atomic mass is 32.2. The summed E-state index contributed by atoms with van der Waals surface area (Å²) in [6.45, 7) is 2.16. The zero-order valence-corrected chi connectivity index (χ0v) is 13.9. The summed E-state index contributed by atoms with van der Waals surface area (Å²) in [5.41, 5.74) is -0.955. The van der Waals surface area contributed by atoms with E-state index in [2.05, 4.69) is 11.7 Å². The first kappa shape index (κ1) is 16.1. The molecule has 6 heteroatoms. The van der Waals surface area contributed by atoms with Gasteiger partial charge in [0.25, 0.3) is 0 Å². The monoisotopic (exact) mass is 328 g/mol. The number of aliphatic hydroxyl groups is 1. The fraction of sp³-hybridized carbons (Fsp3) is 0.875. The molecule has 0 radical (unpaired) electrons. The van der Waals surface area contributed by atoms with Gasteiger partial charge in [0, 0.05) is 11.7 Å². The summed E-state index contributed by atoms with van der Waals surface area (Å²) in [6, 6.07) is 0. The smallest absolute Gasteiger partial charge is 0.313 e. The predicted molar refractivity (Wildman–Crippen MR) is 82.3 cm³/mol. The van der Waals surface area contributed by atoms with Crippen molar-refractivity contribution in [2.24, 2.45) is 17.8 Å². The van der Waals surface area contributed by atoms with Crippen molar-refractivity contribution in [3.8, 4) is 0 Å². The van der Waals surface area contributed by atoms with Gasteiger partial charge in [-0.1, -0.05) is 6.92 Å². The molecule has 2 saturated carbocycles. The summed E-state index contributed by atoms with van der Waals surface area (Å²) in [5, 5.41) is 11.2. The van der Waals surface area contributed by atoms with Crippen molar-refractivity contribution in [2.45, 2.75) is 56.0 Å². The Morgan fingerprint density at radius 2 is 2.27 bits per heavy atom. The first-order valence-electron chi connectivity index (χ1n) is 8.09. The SMILES string of the molecule is COC(=O)CCCS[C@H]1C2C(=O)O[C@@H]3CC[C@H](C[C@@H]1C)[C@]23O. The number of carbonyl (C=O) groups excluding carboxylic acids is 2. The van der Waals surface area contributed by atoms with Crippen molar-refractivity contribution in [3.63, 3.8) is 0 Å². The predicted octanol–water partition coefficient (Wildman–Crippen LogP) is 1.76. The highest BCUT2D eigenvalue weighted by molar-refractivity contribution is 7.99. The first-order valence-corrected chi connectivity index (χ1v) is 9.14. The number of ether oxygens (including phenoxy) is 2. The van der Waals surface area contributed by atoms with E-state index in [1.807, 2.05) is 0 Å². The number of methoxy groups -OCH3 is 1. The Labute approximate surface area is 135 Å². The molecule has 2 aliphatic carbocycles. The molecule has 3 fully saturated rings. The standard InChI is InChI=1S/C16H24O5S/c1-9-8-10-5-6-11-16(10,19)13(15(18)21-11)14(9)22-7-3-4-12(17)20-2/h9-11,13-14,19H,3-8H2,1-2H3/t9-,10+,11+,13?,14+,16+/m0/s1. The molecule has 0 amide bonds. The van der Waals surface area contributed by atoms with Gasteiger partial charge in [0.05, 0.1) is 7.11 Å². The first-order chi connectivity index (χ1) is 10.5. The van der Waals surface area contributed by atoms with Crippen LogP contribution in [-0.4, -0.2) is 46.9 Å². The van der Waals surface area contributed by atoms with Gasteiger partial charge < -0.3 is 14.6 Å². The summed E-state index contributed by atoms with van der Waals surface area (Å²) < 4.78 is 10.1. The van der Waals surface area contributed by atoms with E-state index in [0.29, 0.717) is 12.3 Å². The number of carbonyl (C=O) groups is 2. The Bertz CT molecular complexity index is 467. The van der Waals surface area contributed by atoms with Gasteiger partial charge in [-0.2, -0.15) is 11.8 Å². The molecule has 1 saturated heterocycles. The van der Waals surface area contributed by atoms with E-state index in [1.54, 1.807) is 11.8 Å². The van der Waals surface area contributed by atoms with Crippen LogP contribution in [0.15, 0.2) is 0 Å². The molecule has 1 heterocycles. The van der Waals surface area contributed by atoms with Gasteiger partial charge in [0.1, 0.15) is 17.6 Å². The quantitative estimate of drug-likeness (QED) is 0.612. The molecule has 1 aliphatic heterocycles. The van der Waals surface area contributed by atoms with Crippen LogP contribution < -0.4 is 0 Å². The maximum absolute atomic E-state index is 12.3. The molecule has 3 aliphatic rings. The molecular formula is C16H24O5S. The van der Waals surface area contributed by atoms with Gasteiger partial charge in [-0.3, -0.25) is 9.59 Å². The van der Waals surface area contributed by atoms with E-state index in [1.165, 1.54) is 7.11 Å². The van der Waals surface area contributed by atoms with E-state index in [-0.39, 0.29) is 29.2 Å². The van der Waals surface area contributed by atoms with Crippen LogP contribution in [0.2, 0.25) is 0 Å². The Kier molecular flexibility index (Phi) is 4.42. The lowest BCUT2D eigenvalue weighted by Gasteiger charge is -2.44. The van der Waals surface area contributed by atoms with Gasteiger partial charge in [0.15, 0.2) is 0 Å². The highest BCUT2D eigenvalue weighted by Crippen LogP contribution is 2.58. The topological polar surface area (TPSA) is 72.8 Å². The molecule has 6 atom stereocenters. The second kappa shape index (κ2) is 6.04. The zero-order chi connectivity index (χ0) is 15.9. The molecule has 0 spiro atoms. The summed E-state index contributed by atoms with van der Waals surface area (Å²) >= 11 is 1.70. The van der Waals surface area contributed by atoms with Crippen molar-refractivity contribution < 1.29 is 24.2 Å². The van der Waals surface area contributed by atoms with Crippen LogP contribution in [0.1, 0.15) is 39.0 Å². The second-order valence-corrected chi connectivity index (χ2v) is 8.08. The van der Waals surface area contributed by atoms with E-state index in [9.17, 15) is 14.7 Å². The minimum Gasteiger partial charge on any atom is -0.469 e. The normalized spacial score (nSPS) is 42.9. The van der Waals surface area contributed by atoms with Crippen LogP contribution in [0.3, 0.4) is 0 Å². The van der Waals surface area contributed by atoms with Gasteiger partial charge in [0.2, 0.25) is 0 Å². The Morgan fingerprint density at radius 1 is 1.50 bits per heavy atom. The van der Waals surface area contributed by atoms with Crippen LogP contribution in [0.5, 0.6) is 0 Å². The lowest BCUT2D eigenvalue weighted by Crippen LogP contribution is -2.55. The van der Waals surface area contributed by atoms with Crippen LogP contribution in [-0.2, 0) is 19.1 Å². The molecule has 0 bridgehead atoms. The minimum absolute atomic E-state index is 0.0782. The van der Waals surface area contributed by atoms with Crippen molar-refractivity contribution in [2.75, 3.05) is 12.9 Å². The Morgan fingerprint density at radius 3 is 3.00 bits per heavy atom. The number of hydrogen-bond donors (Lipinski definition) is 1. The lowest BCUT2D eigenvalue weighted by molar-refractivity contribution is -0.145. The van der Waals surface area contributed by atoms with Crippen molar-refractivity contribution >= 4 is 23.7 Å². The van der Waals surface area contributed by atoms with Crippen molar-refractivity contribution in [3.05, 3.63) is 0 Å². The maximum atomic E-state index is 12.3. The molecule has 1 N–H and O–H groups in total. The molecule has 1 unspecified atom stereocenters. The number of thioether (sulfide) groups is 1. The average Bonchev–Trinajstić information content (AvgIpc) is 2.93. The number of esters is 2. The molecule has 0 aromatic rings. The van der Waals surface area contributed by atoms with E-state index >= 15 is 0 Å². The third kappa shape index (κ3) is 2.44. The Balaban J connectivity index is 1.66. The molecule has 124 valence electrons. The van der Waals surface area contributed by atoms with Gasteiger partial charge in [-0.15, -0.1) is 0 Å². The van der Waals surface area contributed by atoms with Gasteiger partial charge >= 0.3 is 11.9 Å². The molecular weight excluding hydrogens is 304 g/mol. The third-order valence-electron chi connectivity index (χ3n) is 5.57. The van der Waals surface area contributed by atoms with Crippen molar-refractivity contribution in [1.82, 2.24) is 0 Å². The molecule has 0 aromatic carbocycles. The lowest BCUT2D eigenvalue weighted by atomic mass is 9.66. The summed E-state index contributed by atoms with van der Waals surface area (Å²) in [7, 11) is 1.39. The fourth-order valence-corrected chi connectivity index (χ4v) is 6.05. The van der Waals surface area contributed by atoms with Crippen LogP contribution >= 0.6 is 11.8 Å². The number of rotatable bonds is 5. The maximum Gasteiger partial charge on any atom is 0.313 e. The number of hydrogen-bond acceptors (Lipinski definition) is 6. The van der Waals surface area contributed by atoms with Crippen LogP contribution in [0.4, 0.5) is 0 Å². The van der Waals surface area contributed by atoms with Crippen LogP contribution in [0, 0.1) is 17.8 Å². The minimum atomic E-state index is -0.955. The fourth-order valence-electron chi connectivity index (χ4n) is 4.50. The average molecular weight is 328 g/mol. The van der Waals surface area contributed by atoms with Gasteiger partial charge in [-0.25, -0.2) is 0 Å². The zero-order valence-electron chi connectivity index (χ0n) is 13.1. The Hall–Kier alpha value is -0.750. The molecule has 22 heavy (non-hydrogen) atoms. The van der Waals surface area contributed by atoms with Crippen molar-refractivity contribution in [1.29, 1.82) is 0 Å². The van der Waals surface area contributed by atoms with Gasteiger partial charge in [-0.05, 0) is 43.3 Å². The summed E-state index contributed by atoms with van der Waals surface area (Å²) in [6.07, 6.45) is 3.52. The second-order valence-electron chi connectivity index (χ2n) is 6.79. The van der Waals surface area contributed by atoms with E-state index < -0.39 is 11.5 Å². The highest BCUT2D eigenvalue weighted by Gasteiger charge is 2.68. The molecule has 5 nitrogen and oxygen atoms in total. The molecule has 3 rings (SSSR count). The third-order valence-corrected chi connectivity index (χ3v) is 7.21.